The van der Waals surface area contributed by atoms with Crippen molar-refractivity contribution in [3.05, 3.63) is 176 Å². The maximum atomic E-state index is 8.57. The van der Waals surface area contributed by atoms with Crippen molar-refractivity contribution in [1.82, 2.24) is 4.98 Å². The summed E-state index contributed by atoms with van der Waals surface area (Å²) in [4.78, 5) is 4.22. The van der Waals surface area contributed by atoms with Crippen molar-refractivity contribution >= 4 is 44.2 Å². The smallest absolute Gasteiger partial charge is 0.155 e. The summed E-state index contributed by atoms with van der Waals surface area (Å²) in [6.07, 6.45) is 9.50. The maximum Gasteiger partial charge on any atom is 0.155 e. The molecule has 4 nitrogen and oxygen atoms in total. The summed E-state index contributed by atoms with van der Waals surface area (Å²) in [5.41, 5.74) is 13.0. The topological polar surface area (TPSA) is 65.7 Å². The molecule has 8 rings (SSSR count). The molecule has 0 saturated carbocycles. The molecule has 0 saturated heterocycles. The van der Waals surface area contributed by atoms with E-state index in [1.807, 2.05) is 54.1 Å². The summed E-state index contributed by atoms with van der Waals surface area (Å²) in [6, 6.07) is 49.1. The van der Waals surface area contributed by atoms with E-state index in [1.165, 1.54) is 38.2 Å². The highest BCUT2D eigenvalue weighted by molar-refractivity contribution is 6.51. The van der Waals surface area contributed by atoms with Gasteiger partial charge in [0.25, 0.3) is 0 Å². The van der Waals surface area contributed by atoms with E-state index >= 15 is 0 Å². The first kappa shape index (κ1) is 28.3. The number of aromatic nitrogens is 1. The fourth-order valence-corrected chi connectivity index (χ4v) is 6.47. The molecule has 3 N–H and O–H groups in total. The van der Waals surface area contributed by atoms with Crippen molar-refractivity contribution in [3.8, 4) is 33.4 Å². The lowest BCUT2D eigenvalue weighted by molar-refractivity contribution is -0.577. The lowest BCUT2D eigenvalue weighted by atomic mass is 9.85. The van der Waals surface area contributed by atoms with E-state index < -0.39 is 0 Å². The molecule has 222 valence electrons. The Morgan fingerprint density at radius 1 is 0.511 bits per heavy atom. The Balaban J connectivity index is 1.17. The van der Waals surface area contributed by atoms with E-state index in [4.69, 9.17) is 10.5 Å². The van der Waals surface area contributed by atoms with E-state index in [1.54, 1.807) is 6.20 Å². The fraction of sp³-hybridized carbons (Fsp3) is 0. The van der Waals surface area contributed by atoms with Gasteiger partial charge in [0.15, 0.2) is 5.69 Å². The number of benzene rings is 6. The average molecular weight is 604 g/mol. The minimum absolute atomic E-state index is 0.390. The standard InChI is InChI=1S/C43H30N4/c44-40-24-21-32(27-41(40)47-46-35-22-19-29(20-23-35)34-14-9-25-45-28-34)31-12-8-13-33(26-31)43-38-17-6-4-15-36(38)42(30-10-2-1-3-11-30)37-16-5-7-18-39(37)43/h1-28,44,46H/p+1/b44-40?,47-41-. The van der Waals surface area contributed by atoms with Crippen molar-refractivity contribution in [2.45, 2.75) is 0 Å². The Labute approximate surface area is 273 Å². The summed E-state index contributed by atoms with van der Waals surface area (Å²) >= 11 is 0. The third-order valence-electron chi connectivity index (χ3n) is 8.73. The number of hydrogen-bond donors (Lipinski definition) is 2. The second kappa shape index (κ2) is 12.3. The maximum absolute atomic E-state index is 8.57. The van der Waals surface area contributed by atoms with Crippen LogP contribution in [-0.2, 0) is 0 Å². The molecule has 0 amide bonds. The van der Waals surface area contributed by atoms with E-state index in [2.05, 4.69) is 120 Å². The molecule has 0 aliphatic heterocycles. The monoisotopic (exact) mass is 603 g/mol. The molecule has 0 fully saturated rings. The second-order valence-corrected chi connectivity index (χ2v) is 11.6. The van der Waals surface area contributed by atoms with Crippen LogP contribution in [0.1, 0.15) is 5.56 Å². The number of nitrogens with one attached hydrogen (secondary N) is 1. The summed E-state index contributed by atoms with van der Waals surface area (Å²) in [5.74, 6) is 0. The van der Waals surface area contributed by atoms with Gasteiger partial charge >= 0.3 is 0 Å². The van der Waals surface area contributed by atoms with E-state index in [9.17, 15) is 0 Å². The number of hydrogen-bond acceptors (Lipinski definition) is 3. The Bertz CT molecular complexity index is 2310. The molecule has 0 radical (unpaired) electrons. The van der Waals surface area contributed by atoms with Crippen LogP contribution in [0.2, 0.25) is 0 Å². The van der Waals surface area contributed by atoms with Crippen molar-refractivity contribution in [1.29, 1.82) is 5.41 Å². The first-order chi connectivity index (χ1) is 23.2. The highest BCUT2D eigenvalue weighted by Crippen LogP contribution is 2.43. The van der Waals surface area contributed by atoms with Crippen LogP contribution in [0, 0.1) is 5.41 Å². The molecule has 47 heavy (non-hydrogen) atoms. The molecule has 0 spiro atoms. The lowest BCUT2D eigenvalue weighted by Gasteiger charge is -2.18. The zero-order chi connectivity index (χ0) is 31.6. The number of rotatable bonds is 6. The van der Waals surface area contributed by atoms with Gasteiger partial charge in [-0.15, -0.1) is 0 Å². The van der Waals surface area contributed by atoms with Crippen LogP contribution in [0.4, 0.5) is 5.69 Å². The number of nitrogens with zero attached hydrogens (tertiary/aromatic N) is 2. The highest BCUT2D eigenvalue weighted by Gasteiger charge is 2.18. The number of allylic oxidation sites excluding steroid dienone is 4. The van der Waals surface area contributed by atoms with Gasteiger partial charge in [-0.1, -0.05) is 114 Å². The summed E-state index contributed by atoms with van der Waals surface area (Å²) in [7, 11) is 0. The molecule has 7 aromatic rings. The van der Waals surface area contributed by atoms with Gasteiger partial charge in [0, 0.05) is 24.5 Å². The molecule has 1 heterocycles. The third kappa shape index (κ3) is 5.48. The largest absolute Gasteiger partial charge is 0.298 e. The van der Waals surface area contributed by atoms with Gasteiger partial charge in [-0.05, 0) is 102 Å². The molecule has 0 bridgehead atoms. The molecule has 0 atom stereocenters. The molecule has 1 aliphatic carbocycles. The van der Waals surface area contributed by atoms with Gasteiger partial charge in [0.1, 0.15) is 5.71 Å². The first-order valence-corrected chi connectivity index (χ1v) is 15.7. The summed E-state index contributed by atoms with van der Waals surface area (Å²) < 4.78 is 0. The Hall–Kier alpha value is -6.23. The normalized spacial score (nSPS) is 13.7. The second-order valence-electron chi connectivity index (χ2n) is 11.6. The van der Waals surface area contributed by atoms with Crippen LogP contribution in [0.15, 0.2) is 175 Å². The highest BCUT2D eigenvalue weighted by atomic mass is 15.3. The van der Waals surface area contributed by atoms with Crippen molar-refractivity contribution in [2.75, 3.05) is 0 Å². The summed E-state index contributed by atoms with van der Waals surface area (Å²) in [5, 5.41) is 18.2. The van der Waals surface area contributed by atoms with Crippen LogP contribution in [-0.4, -0.2) is 16.4 Å². The Kier molecular flexibility index (Phi) is 7.38. The van der Waals surface area contributed by atoms with Crippen LogP contribution >= 0.6 is 0 Å². The van der Waals surface area contributed by atoms with Crippen LogP contribution in [0.3, 0.4) is 0 Å². The van der Waals surface area contributed by atoms with Gasteiger partial charge in [0.2, 0.25) is 0 Å². The molecule has 1 aliphatic rings. The van der Waals surface area contributed by atoms with Gasteiger partial charge in [-0.25, -0.2) is 0 Å². The first-order valence-electron chi connectivity index (χ1n) is 15.7. The van der Waals surface area contributed by atoms with Gasteiger partial charge < -0.3 is 0 Å². The Morgan fingerprint density at radius 2 is 1.11 bits per heavy atom. The third-order valence-corrected chi connectivity index (χ3v) is 8.73. The molecule has 1 aromatic heterocycles. The number of fused-ring (bicyclic) bond motifs is 2. The molecular weight excluding hydrogens is 573 g/mol. The molecular formula is C43H31N4+. The molecule has 4 heteroatoms. The molecule has 6 aromatic carbocycles. The van der Waals surface area contributed by atoms with Crippen molar-refractivity contribution in [2.24, 2.45) is 5.10 Å². The lowest BCUT2D eigenvalue weighted by Crippen LogP contribution is -2.71. The number of quaternary nitrogens is 1. The summed E-state index contributed by atoms with van der Waals surface area (Å²) in [6.45, 7) is 0. The number of pyridine rings is 1. The van der Waals surface area contributed by atoms with Crippen molar-refractivity contribution < 1.29 is 5.43 Å². The minimum atomic E-state index is 0.390. The van der Waals surface area contributed by atoms with Gasteiger partial charge in [-0.3, -0.25) is 10.4 Å². The predicted molar refractivity (Wildman–Crippen MR) is 196 cm³/mol. The van der Waals surface area contributed by atoms with Gasteiger partial charge in [0.05, 0.1) is 5.71 Å². The van der Waals surface area contributed by atoms with Crippen LogP contribution < -0.4 is 5.43 Å². The van der Waals surface area contributed by atoms with E-state index in [0.717, 1.165) is 33.5 Å². The van der Waals surface area contributed by atoms with Gasteiger partial charge in [-0.2, -0.15) is 5.43 Å². The SMILES string of the molecule is N=C1C=CC(c2cccc(-c3c4ccccc4c(-c4ccccc4)c4ccccc34)c2)=C/C1=N/[NH2+]c1ccc(-c2cccnc2)cc1. The fourth-order valence-electron chi connectivity index (χ4n) is 6.47. The quantitative estimate of drug-likeness (QED) is 0.0642. The predicted octanol–water partition coefficient (Wildman–Crippen LogP) is 9.61. The molecule has 0 unspecified atom stereocenters. The van der Waals surface area contributed by atoms with E-state index in [0.29, 0.717) is 11.4 Å². The van der Waals surface area contributed by atoms with Crippen LogP contribution in [0.5, 0.6) is 0 Å². The zero-order valence-electron chi connectivity index (χ0n) is 25.6. The number of nitrogens with two attached hydrogens (primary N) is 1. The Morgan fingerprint density at radius 3 is 1.77 bits per heavy atom. The average Bonchev–Trinajstić information content (AvgIpc) is 3.14. The van der Waals surface area contributed by atoms with Crippen LogP contribution in [0.25, 0.3) is 60.5 Å². The zero-order valence-corrected chi connectivity index (χ0v) is 25.6. The minimum Gasteiger partial charge on any atom is -0.298 e. The van der Waals surface area contributed by atoms with E-state index in [-0.39, 0.29) is 0 Å². The van der Waals surface area contributed by atoms with Crippen molar-refractivity contribution in [3.63, 3.8) is 0 Å².